The second-order valence-corrected chi connectivity index (χ2v) is 8.52. The minimum atomic E-state index is -0.429. The summed E-state index contributed by atoms with van der Waals surface area (Å²) >= 11 is 0. The molecule has 4 rings (SSSR count). The summed E-state index contributed by atoms with van der Waals surface area (Å²) in [7, 11) is 0. The molecule has 0 aliphatic heterocycles. The topological polar surface area (TPSA) is 60.7 Å². The lowest BCUT2D eigenvalue weighted by atomic mass is 9.48. The van der Waals surface area contributed by atoms with E-state index in [1.54, 1.807) is 0 Å². The van der Waals surface area contributed by atoms with Crippen LogP contribution < -0.4 is 0 Å². The van der Waals surface area contributed by atoms with Gasteiger partial charge >= 0.3 is 0 Å². The summed E-state index contributed by atoms with van der Waals surface area (Å²) in [6, 6.07) is 0. The van der Waals surface area contributed by atoms with Crippen molar-refractivity contribution in [3.8, 4) is 0 Å². The van der Waals surface area contributed by atoms with Gasteiger partial charge in [-0.05, 0) is 55.3 Å². The van der Waals surface area contributed by atoms with E-state index in [0.29, 0.717) is 18.3 Å². The summed E-state index contributed by atoms with van der Waals surface area (Å²) in [6.07, 6.45) is 9.74. The minimum Gasteiger partial charge on any atom is -0.393 e. The molecule has 3 N–H and O–H groups in total. The van der Waals surface area contributed by atoms with Crippen LogP contribution in [0.4, 0.5) is 0 Å². The maximum atomic E-state index is 10.8. The summed E-state index contributed by atoms with van der Waals surface area (Å²) in [6.45, 7) is 4.50. The second kappa shape index (κ2) is 4.68. The summed E-state index contributed by atoms with van der Waals surface area (Å²) < 4.78 is 0. The molecule has 0 amide bonds. The highest BCUT2D eigenvalue weighted by Crippen LogP contribution is 2.63. The zero-order valence-electron chi connectivity index (χ0n) is 13.6. The number of aliphatic hydroxyl groups is 3. The first-order valence-electron chi connectivity index (χ1n) is 8.81. The molecule has 22 heavy (non-hydrogen) atoms. The lowest BCUT2D eigenvalue weighted by molar-refractivity contribution is -0.0907. The van der Waals surface area contributed by atoms with Crippen molar-refractivity contribution in [1.29, 1.82) is 0 Å². The Morgan fingerprint density at radius 3 is 2.59 bits per heavy atom. The maximum Gasteiger partial charge on any atom is 0.0758 e. The molecular formula is C19H28O3. The van der Waals surface area contributed by atoms with Crippen molar-refractivity contribution in [2.75, 3.05) is 0 Å². The molecule has 2 saturated carbocycles. The number of allylic oxidation sites excluding steroid dienone is 1. The van der Waals surface area contributed by atoms with Crippen LogP contribution in [-0.2, 0) is 0 Å². The molecule has 3 heteroatoms. The Balaban J connectivity index is 1.76. The van der Waals surface area contributed by atoms with Gasteiger partial charge in [-0.3, -0.25) is 0 Å². The number of hydrogen-bond donors (Lipinski definition) is 3. The minimum absolute atomic E-state index is 0.0260. The van der Waals surface area contributed by atoms with E-state index in [1.165, 1.54) is 5.57 Å². The first-order valence-corrected chi connectivity index (χ1v) is 8.81. The number of fused-ring (bicyclic) bond motifs is 5. The number of hydrogen-bond acceptors (Lipinski definition) is 3. The largest absolute Gasteiger partial charge is 0.393 e. The molecule has 0 heterocycles. The molecule has 0 bridgehead atoms. The van der Waals surface area contributed by atoms with E-state index in [-0.39, 0.29) is 22.9 Å². The van der Waals surface area contributed by atoms with Crippen LogP contribution in [-0.4, -0.2) is 33.6 Å². The Bertz CT molecular complexity index is 539. The molecule has 122 valence electrons. The fraction of sp³-hybridized carbons (Fsp3) is 0.789. The second-order valence-electron chi connectivity index (χ2n) is 8.52. The third-order valence-corrected chi connectivity index (χ3v) is 7.60. The number of aliphatic hydroxyl groups excluding tert-OH is 3. The molecule has 0 aromatic carbocycles. The Hall–Kier alpha value is -0.640. The van der Waals surface area contributed by atoms with Gasteiger partial charge in [-0.15, -0.1) is 0 Å². The summed E-state index contributed by atoms with van der Waals surface area (Å²) in [5, 5.41) is 31.2. The van der Waals surface area contributed by atoms with Gasteiger partial charge in [-0.2, -0.15) is 0 Å². The quantitative estimate of drug-likeness (QED) is 0.602. The first kappa shape index (κ1) is 14.9. The monoisotopic (exact) mass is 304 g/mol. The van der Waals surface area contributed by atoms with Crippen molar-refractivity contribution in [3.63, 3.8) is 0 Å². The van der Waals surface area contributed by atoms with Gasteiger partial charge in [0.15, 0.2) is 0 Å². The van der Waals surface area contributed by atoms with Gasteiger partial charge in [0, 0.05) is 5.41 Å². The van der Waals surface area contributed by atoms with Crippen LogP contribution in [0, 0.1) is 28.6 Å². The van der Waals surface area contributed by atoms with E-state index in [4.69, 9.17) is 0 Å². The predicted octanol–water partition coefficient (Wildman–Crippen LogP) is 2.42. The van der Waals surface area contributed by atoms with Crippen LogP contribution in [0.1, 0.15) is 46.0 Å². The van der Waals surface area contributed by atoms with Crippen molar-refractivity contribution < 1.29 is 15.3 Å². The zero-order chi connectivity index (χ0) is 15.7. The average Bonchev–Trinajstić information content (AvgIpc) is 2.77. The molecule has 4 aliphatic rings. The summed E-state index contributed by atoms with van der Waals surface area (Å²) in [5.74, 6) is 1.07. The van der Waals surface area contributed by atoms with Crippen molar-refractivity contribution in [3.05, 3.63) is 23.8 Å². The van der Waals surface area contributed by atoms with Gasteiger partial charge in [0.05, 0.1) is 18.3 Å². The maximum absolute atomic E-state index is 10.8. The fourth-order valence-corrected chi connectivity index (χ4v) is 6.20. The molecule has 0 aromatic heterocycles. The smallest absolute Gasteiger partial charge is 0.0758 e. The molecule has 0 radical (unpaired) electrons. The van der Waals surface area contributed by atoms with Crippen LogP contribution in [0.25, 0.3) is 0 Å². The van der Waals surface area contributed by atoms with Gasteiger partial charge < -0.3 is 15.3 Å². The van der Waals surface area contributed by atoms with Crippen LogP contribution >= 0.6 is 0 Å². The van der Waals surface area contributed by atoms with Crippen LogP contribution in [0.2, 0.25) is 0 Å². The normalized spacial score (nSPS) is 56.9. The van der Waals surface area contributed by atoms with E-state index in [9.17, 15) is 15.3 Å². The zero-order valence-corrected chi connectivity index (χ0v) is 13.6. The molecule has 0 saturated heterocycles. The Kier molecular flexibility index (Phi) is 3.18. The lowest BCUT2D eigenvalue weighted by Crippen LogP contribution is -2.54. The Morgan fingerprint density at radius 2 is 1.82 bits per heavy atom. The molecular weight excluding hydrogens is 276 g/mol. The van der Waals surface area contributed by atoms with E-state index >= 15 is 0 Å². The average molecular weight is 304 g/mol. The SMILES string of the molecule is C[C@]12CC[C@H]3[C@@H]([C@@H](O)C=C4C[C@@H](O)C=C[C@@]43C)[C@@H]1CC[C@H]2O. The summed E-state index contributed by atoms with van der Waals surface area (Å²) in [5.41, 5.74) is 1.15. The van der Waals surface area contributed by atoms with Gasteiger partial charge in [-0.1, -0.05) is 37.6 Å². The molecule has 4 aliphatic carbocycles. The highest BCUT2D eigenvalue weighted by molar-refractivity contribution is 5.34. The van der Waals surface area contributed by atoms with Crippen LogP contribution in [0.15, 0.2) is 23.8 Å². The van der Waals surface area contributed by atoms with Crippen LogP contribution in [0.5, 0.6) is 0 Å². The molecule has 3 nitrogen and oxygen atoms in total. The molecule has 0 spiro atoms. The van der Waals surface area contributed by atoms with Crippen LogP contribution in [0.3, 0.4) is 0 Å². The predicted molar refractivity (Wildman–Crippen MR) is 85.0 cm³/mol. The van der Waals surface area contributed by atoms with Gasteiger partial charge in [0.2, 0.25) is 0 Å². The van der Waals surface area contributed by atoms with Crippen molar-refractivity contribution in [2.45, 2.75) is 64.3 Å². The van der Waals surface area contributed by atoms with Crippen molar-refractivity contribution in [1.82, 2.24) is 0 Å². The highest BCUT2D eigenvalue weighted by atomic mass is 16.3. The first-order chi connectivity index (χ1) is 10.4. The molecule has 8 atom stereocenters. The Morgan fingerprint density at radius 1 is 1.05 bits per heavy atom. The highest BCUT2D eigenvalue weighted by Gasteiger charge is 2.59. The van der Waals surface area contributed by atoms with Crippen molar-refractivity contribution >= 4 is 0 Å². The van der Waals surface area contributed by atoms with Crippen molar-refractivity contribution in [2.24, 2.45) is 28.6 Å². The van der Waals surface area contributed by atoms with Gasteiger partial charge in [0.1, 0.15) is 0 Å². The van der Waals surface area contributed by atoms with Gasteiger partial charge in [-0.25, -0.2) is 0 Å². The lowest BCUT2D eigenvalue weighted by Gasteiger charge is -2.57. The molecule has 2 fully saturated rings. The van der Waals surface area contributed by atoms with E-state index in [1.807, 2.05) is 12.2 Å². The van der Waals surface area contributed by atoms with E-state index in [2.05, 4.69) is 19.9 Å². The van der Waals surface area contributed by atoms with E-state index < -0.39 is 12.2 Å². The molecule has 0 unspecified atom stereocenters. The van der Waals surface area contributed by atoms with Gasteiger partial charge in [0.25, 0.3) is 0 Å². The molecule has 0 aromatic rings. The third-order valence-electron chi connectivity index (χ3n) is 7.60. The fourth-order valence-electron chi connectivity index (χ4n) is 6.20. The standard InChI is InChI=1S/C19H28O3/c1-18-7-5-12(20)9-11(18)10-15(21)17-13-3-4-16(22)19(13,2)8-6-14(17)18/h5,7,10,12-17,20-22H,3-4,6,8-9H2,1-2H3/t12-,13-,14-,15-,16+,17-,18-,19-/m0/s1. The third kappa shape index (κ3) is 1.79. The Labute approximate surface area is 132 Å². The van der Waals surface area contributed by atoms with E-state index in [0.717, 1.165) is 25.7 Å². The number of rotatable bonds is 0. The summed E-state index contributed by atoms with van der Waals surface area (Å²) in [4.78, 5) is 0.